The van der Waals surface area contributed by atoms with E-state index >= 15 is 0 Å². The van der Waals surface area contributed by atoms with E-state index in [4.69, 9.17) is 0 Å². The Balaban J connectivity index is 1.37. The summed E-state index contributed by atoms with van der Waals surface area (Å²) < 4.78 is 5.23. The molecule has 1 nitrogen and oxygen atoms in total. The van der Waals surface area contributed by atoms with Gasteiger partial charge in [0.05, 0.1) is 16.7 Å². The molecule has 2 heterocycles. The second-order valence-corrected chi connectivity index (χ2v) is 13.1. The Morgan fingerprint density at radius 3 is 1.82 bits per heavy atom. The molecule has 0 spiro atoms. The van der Waals surface area contributed by atoms with Crippen molar-refractivity contribution in [2.24, 2.45) is 0 Å². The molecule has 0 aliphatic rings. The average Bonchev–Trinajstić information content (AvgIpc) is 3.64. The van der Waals surface area contributed by atoms with Crippen LogP contribution in [0.1, 0.15) is 0 Å². The number of benzene rings is 9. The third kappa shape index (κ3) is 2.75. The van der Waals surface area contributed by atoms with Crippen LogP contribution in [-0.2, 0) is 0 Å². The van der Waals surface area contributed by atoms with Crippen molar-refractivity contribution in [1.29, 1.82) is 0 Å². The fourth-order valence-electron chi connectivity index (χ4n) is 8.13. The van der Waals surface area contributed by atoms with E-state index in [2.05, 4.69) is 144 Å². The molecule has 0 bridgehead atoms. The Morgan fingerprint density at radius 2 is 0.977 bits per heavy atom. The van der Waals surface area contributed by atoms with Gasteiger partial charge in [0.15, 0.2) is 0 Å². The minimum Gasteiger partial charge on any atom is -0.309 e. The molecule has 0 saturated carbocycles. The second-order valence-electron chi connectivity index (χ2n) is 12.0. The first kappa shape index (κ1) is 23.1. The molecule has 0 unspecified atom stereocenters. The molecule has 2 aromatic heterocycles. The van der Waals surface area contributed by atoms with Crippen LogP contribution in [-0.4, -0.2) is 4.57 Å². The standard InChI is InChI=1S/C42H23NS/c1-2-11-28-27(10-1)39-32(42-40(28)31-13-4-6-15-36(31)44-42)21-23-35-41(39)29-12-3-5-14-33(29)43(35)34-22-19-26-17-16-24-8-7-9-25-18-20-30(34)38(26)37(24)25/h1-23H. The van der Waals surface area contributed by atoms with E-state index in [1.165, 1.54) is 102 Å². The predicted octanol–water partition coefficient (Wildman–Crippen LogP) is 12.4. The Kier molecular flexibility index (Phi) is 4.26. The first-order chi connectivity index (χ1) is 21.8. The summed E-state index contributed by atoms with van der Waals surface area (Å²) in [7, 11) is 0. The Labute approximate surface area is 256 Å². The molecular weight excluding hydrogens is 551 g/mol. The summed E-state index contributed by atoms with van der Waals surface area (Å²) >= 11 is 1.92. The minimum atomic E-state index is 1.23. The van der Waals surface area contributed by atoms with Crippen LogP contribution in [0.2, 0.25) is 0 Å². The Hall–Kier alpha value is -5.44. The molecule has 0 fully saturated rings. The molecule has 0 saturated heterocycles. The third-order valence-electron chi connectivity index (χ3n) is 9.89. The van der Waals surface area contributed by atoms with Crippen LogP contribution in [0.25, 0.3) is 102 Å². The number of para-hydroxylation sites is 1. The SMILES string of the molecule is c1cc2ccc3ccc(-n4c5ccccc5c5c6c7ccccc7c7c8ccccc8sc7c6ccc54)c4ccc(c1)c2c34. The van der Waals surface area contributed by atoms with Gasteiger partial charge in [0.1, 0.15) is 0 Å². The molecule has 202 valence electrons. The van der Waals surface area contributed by atoms with Gasteiger partial charge in [-0.05, 0) is 62.0 Å². The zero-order valence-corrected chi connectivity index (χ0v) is 24.5. The van der Waals surface area contributed by atoms with Gasteiger partial charge in [-0.2, -0.15) is 0 Å². The van der Waals surface area contributed by atoms with Crippen molar-refractivity contribution in [3.8, 4) is 5.69 Å². The van der Waals surface area contributed by atoms with Gasteiger partial charge in [-0.25, -0.2) is 0 Å². The van der Waals surface area contributed by atoms with Crippen molar-refractivity contribution in [2.45, 2.75) is 0 Å². The van der Waals surface area contributed by atoms with Gasteiger partial charge in [-0.15, -0.1) is 11.3 Å². The van der Waals surface area contributed by atoms with E-state index in [-0.39, 0.29) is 0 Å². The number of fused-ring (bicyclic) bond motifs is 12. The highest BCUT2D eigenvalue weighted by atomic mass is 32.1. The largest absolute Gasteiger partial charge is 0.309 e. The second kappa shape index (κ2) is 8.13. The summed E-state index contributed by atoms with van der Waals surface area (Å²) in [6, 6.07) is 52.0. The third-order valence-corrected chi connectivity index (χ3v) is 11.1. The van der Waals surface area contributed by atoms with Crippen LogP contribution < -0.4 is 0 Å². The predicted molar refractivity (Wildman–Crippen MR) is 192 cm³/mol. The maximum absolute atomic E-state index is 2.51. The molecule has 11 rings (SSSR count). The highest BCUT2D eigenvalue weighted by Gasteiger charge is 2.21. The van der Waals surface area contributed by atoms with Crippen molar-refractivity contribution < 1.29 is 0 Å². The lowest BCUT2D eigenvalue weighted by atomic mass is 9.93. The lowest BCUT2D eigenvalue weighted by molar-refractivity contribution is 1.20. The summed E-state index contributed by atoms with van der Waals surface area (Å²) in [6.45, 7) is 0. The Morgan fingerprint density at radius 1 is 0.341 bits per heavy atom. The number of thiophene rings is 1. The zero-order chi connectivity index (χ0) is 28.5. The van der Waals surface area contributed by atoms with Gasteiger partial charge in [0.25, 0.3) is 0 Å². The quantitative estimate of drug-likeness (QED) is 0.172. The lowest BCUT2D eigenvalue weighted by Crippen LogP contribution is -1.96. The first-order valence-electron chi connectivity index (χ1n) is 15.2. The smallest absolute Gasteiger partial charge is 0.0548 e. The Bertz CT molecular complexity index is 2980. The fraction of sp³-hybridized carbons (Fsp3) is 0. The summed E-state index contributed by atoms with van der Waals surface area (Å²) in [4.78, 5) is 0. The van der Waals surface area contributed by atoms with Gasteiger partial charge >= 0.3 is 0 Å². The molecule has 0 amide bonds. The molecule has 44 heavy (non-hydrogen) atoms. The van der Waals surface area contributed by atoms with Crippen LogP contribution in [0.5, 0.6) is 0 Å². The normalized spacial score (nSPS) is 12.5. The van der Waals surface area contributed by atoms with Crippen LogP contribution in [0.15, 0.2) is 140 Å². The van der Waals surface area contributed by atoms with Gasteiger partial charge in [-0.3, -0.25) is 0 Å². The van der Waals surface area contributed by atoms with Gasteiger partial charge in [0, 0.05) is 47.1 Å². The van der Waals surface area contributed by atoms with Crippen molar-refractivity contribution in [3.05, 3.63) is 140 Å². The van der Waals surface area contributed by atoms with Crippen molar-refractivity contribution in [1.82, 2.24) is 4.57 Å². The van der Waals surface area contributed by atoms with E-state index in [0.29, 0.717) is 0 Å². The fourth-order valence-corrected chi connectivity index (χ4v) is 9.37. The van der Waals surface area contributed by atoms with Crippen molar-refractivity contribution in [3.63, 3.8) is 0 Å². The minimum absolute atomic E-state index is 1.23. The zero-order valence-electron chi connectivity index (χ0n) is 23.6. The molecule has 9 aromatic carbocycles. The maximum Gasteiger partial charge on any atom is 0.0548 e. The molecule has 0 N–H and O–H groups in total. The number of hydrogen-bond acceptors (Lipinski definition) is 1. The van der Waals surface area contributed by atoms with Gasteiger partial charge in [0.2, 0.25) is 0 Å². The van der Waals surface area contributed by atoms with Crippen LogP contribution in [0.4, 0.5) is 0 Å². The lowest BCUT2D eigenvalue weighted by Gasteiger charge is -2.16. The van der Waals surface area contributed by atoms with E-state index < -0.39 is 0 Å². The van der Waals surface area contributed by atoms with Crippen molar-refractivity contribution in [2.75, 3.05) is 0 Å². The monoisotopic (exact) mass is 573 g/mol. The van der Waals surface area contributed by atoms with Crippen LogP contribution in [0.3, 0.4) is 0 Å². The van der Waals surface area contributed by atoms with E-state index in [9.17, 15) is 0 Å². The summed E-state index contributed by atoms with van der Waals surface area (Å²) in [5.41, 5.74) is 3.72. The van der Waals surface area contributed by atoms with Crippen molar-refractivity contribution >= 4 is 107 Å². The molecule has 0 radical (unpaired) electrons. The topological polar surface area (TPSA) is 4.93 Å². The number of nitrogens with zero attached hydrogens (tertiary/aromatic N) is 1. The summed E-state index contributed by atoms with van der Waals surface area (Å²) in [6.07, 6.45) is 0. The highest BCUT2D eigenvalue weighted by molar-refractivity contribution is 7.27. The van der Waals surface area contributed by atoms with Crippen LogP contribution >= 0.6 is 11.3 Å². The molecule has 2 heteroatoms. The first-order valence-corrected chi connectivity index (χ1v) is 16.0. The number of aromatic nitrogens is 1. The van der Waals surface area contributed by atoms with E-state index in [1.807, 2.05) is 11.3 Å². The number of rotatable bonds is 1. The molecular formula is C42H23NS. The average molecular weight is 574 g/mol. The van der Waals surface area contributed by atoms with Gasteiger partial charge in [-0.1, -0.05) is 115 Å². The molecule has 0 atom stereocenters. The summed E-state index contributed by atoms with van der Waals surface area (Å²) in [5, 5.41) is 18.6. The summed E-state index contributed by atoms with van der Waals surface area (Å²) in [5.74, 6) is 0. The highest BCUT2D eigenvalue weighted by Crippen LogP contribution is 2.48. The molecule has 0 aliphatic carbocycles. The molecule has 0 aliphatic heterocycles. The van der Waals surface area contributed by atoms with Gasteiger partial charge < -0.3 is 4.57 Å². The number of hydrogen-bond donors (Lipinski definition) is 0. The van der Waals surface area contributed by atoms with Crippen LogP contribution in [0, 0.1) is 0 Å². The molecule has 11 aromatic rings. The van der Waals surface area contributed by atoms with E-state index in [0.717, 1.165) is 0 Å². The van der Waals surface area contributed by atoms with E-state index in [1.54, 1.807) is 0 Å². The maximum atomic E-state index is 2.51.